The van der Waals surface area contributed by atoms with Crippen molar-refractivity contribution in [3.63, 3.8) is 0 Å². The first-order valence-electron chi connectivity index (χ1n) is 12.7. The molecule has 0 spiro atoms. The molecule has 39 heavy (non-hydrogen) atoms. The van der Waals surface area contributed by atoms with Crippen LogP contribution in [0.5, 0.6) is 0 Å². The predicted molar refractivity (Wildman–Crippen MR) is 148 cm³/mol. The van der Waals surface area contributed by atoms with Crippen molar-refractivity contribution in [2.24, 2.45) is 5.41 Å². The number of carbonyl (C=O) groups is 2. The third kappa shape index (κ3) is 4.83. The molecule has 3 aromatic carbocycles. The highest BCUT2D eigenvalue weighted by atomic mass is 35.5. The van der Waals surface area contributed by atoms with Gasteiger partial charge in [-0.2, -0.15) is 0 Å². The van der Waals surface area contributed by atoms with Crippen LogP contribution in [0, 0.1) is 5.41 Å². The Labute approximate surface area is 237 Å². The summed E-state index contributed by atoms with van der Waals surface area (Å²) in [5, 5.41) is 24.6. The summed E-state index contributed by atoms with van der Waals surface area (Å²) in [6, 6.07) is 19.3. The number of hydrogen-bond acceptors (Lipinski definition) is 5. The number of nitrogens with zero attached hydrogens (tertiary/aromatic N) is 1. The van der Waals surface area contributed by atoms with E-state index in [4.69, 9.17) is 27.9 Å². The van der Waals surface area contributed by atoms with Gasteiger partial charge in [0.2, 0.25) is 0 Å². The van der Waals surface area contributed by atoms with Crippen molar-refractivity contribution in [2.45, 2.75) is 37.6 Å². The highest BCUT2D eigenvalue weighted by Gasteiger charge is 2.55. The topological polar surface area (TPSA) is 99.1 Å². The van der Waals surface area contributed by atoms with Crippen LogP contribution in [-0.2, 0) is 27.4 Å². The van der Waals surface area contributed by atoms with E-state index in [1.54, 1.807) is 47.4 Å². The molecule has 3 N–H and O–H groups in total. The number of halogens is 2. The Balaban J connectivity index is 1.70. The number of fused-ring (bicyclic) bond motifs is 1. The molecular formula is C30H30Cl2N2O5. The first kappa shape index (κ1) is 27.6. The average molecular weight is 569 g/mol. The number of amides is 2. The fourth-order valence-corrected chi connectivity index (χ4v) is 5.34. The Kier molecular flexibility index (Phi) is 7.24. The summed E-state index contributed by atoms with van der Waals surface area (Å²) in [5.41, 5.74) is -0.869. The van der Waals surface area contributed by atoms with Gasteiger partial charge in [0.05, 0.1) is 13.2 Å². The van der Waals surface area contributed by atoms with Crippen LogP contribution in [0.15, 0.2) is 66.7 Å². The molecule has 204 valence electrons. The van der Waals surface area contributed by atoms with Gasteiger partial charge < -0.3 is 20.3 Å². The van der Waals surface area contributed by atoms with Crippen LogP contribution in [0.3, 0.4) is 0 Å². The number of likely N-dealkylation sites (N-methyl/N-ethyl adjacent to an activating group) is 1. The second-order valence-electron chi connectivity index (χ2n) is 10.5. The van der Waals surface area contributed by atoms with E-state index >= 15 is 0 Å². The molecule has 9 heteroatoms. The molecule has 5 rings (SSSR count). The second-order valence-corrected chi connectivity index (χ2v) is 11.4. The quantitative estimate of drug-likeness (QED) is 0.350. The maximum atomic E-state index is 14.2. The first-order valence-corrected chi connectivity index (χ1v) is 13.5. The number of aliphatic hydroxyl groups is 2. The molecule has 0 aromatic heterocycles. The SMILES string of the molecule is CNC(=O)[C@](C)(O)c1ccc2c(c1)C(=O)N(Cc1ccc(Cl)cc1)[C@@]2(OCC1(CO)CC1)c1ccc(Cl)cc1. The molecule has 7 nitrogen and oxygen atoms in total. The Morgan fingerprint density at radius 3 is 2.23 bits per heavy atom. The summed E-state index contributed by atoms with van der Waals surface area (Å²) in [4.78, 5) is 28.3. The highest BCUT2D eigenvalue weighted by Crippen LogP contribution is 2.51. The van der Waals surface area contributed by atoms with E-state index in [9.17, 15) is 19.8 Å². The maximum Gasteiger partial charge on any atom is 0.257 e. The van der Waals surface area contributed by atoms with Crippen molar-refractivity contribution in [3.05, 3.63) is 105 Å². The number of ether oxygens (including phenoxy) is 1. The number of hydrogen-bond donors (Lipinski definition) is 3. The van der Waals surface area contributed by atoms with Gasteiger partial charge in [-0.05, 0) is 61.2 Å². The molecule has 1 aliphatic heterocycles. The van der Waals surface area contributed by atoms with Crippen LogP contribution in [0.2, 0.25) is 10.0 Å². The molecule has 2 amide bonds. The van der Waals surface area contributed by atoms with Crippen molar-refractivity contribution in [1.29, 1.82) is 0 Å². The van der Waals surface area contributed by atoms with Gasteiger partial charge in [0, 0.05) is 45.7 Å². The second kappa shape index (κ2) is 10.2. The molecule has 3 aromatic rings. The Morgan fingerprint density at radius 2 is 1.67 bits per heavy atom. The van der Waals surface area contributed by atoms with Gasteiger partial charge in [-0.3, -0.25) is 14.5 Å². The fraction of sp³-hybridized carbons (Fsp3) is 0.333. The van der Waals surface area contributed by atoms with E-state index in [-0.39, 0.29) is 36.6 Å². The summed E-state index contributed by atoms with van der Waals surface area (Å²) in [6.07, 6.45) is 1.65. The lowest BCUT2D eigenvalue weighted by Gasteiger charge is -2.40. The van der Waals surface area contributed by atoms with Crippen molar-refractivity contribution in [3.8, 4) is 0 Å². The fourth-order valence-electron chi connectivity index (χ4n) is 5.09. The molecule has 0 bridgehead atoms. The molecule has 0 unspecified atom stereocenters. The summed E-state index contributed by atoms with van der Waals surface area (Å²) >= 11 is 12.4. The van der Waals surface area contributed by atoms with Crippen LogP contribution in [0.1, 0.15) is 52.4 Å². The lowest BCUT2D eigenvalue weighted by molar-refractivity contribution is -0.138. The number of carbonyl (C=O) groups excluding carboxylic acids is 2. The van der Waals surface area contributed by atoms with E-state index in [1.165, 1.54) is 14.0 Å². The zero-order valence-electron chi connectivity index (χ0n) is 21.7. The van der Waals surface area contributed by atoms with E-state index in [0.717, 1.165) is 18.4 Å². The normalized spacial score (nSPS) is 20.9. The zero-order chi connectivity index (χ0) is 28.0. The summed E-state index contributed by atoms with van der Waals surface area (Å²) in [6.45, 7) is 1.80. The molecular weight excluding hydrogens is 539 g/mol. The first-order chi connectivity index (χ1) is 18.6. The van der Waals surface area contributed by atoms with E-state index in [1.807, 2.05) is 24.3 Å². The summed E-state index contributed by atoms with van der Waals surface area (Å²) in [7, 11) is 1.44. The molecule has 2 atom stereocenters. The van der Waals surface area contributed by atoms with Crippen molar-refractivity contribution >= 4 is 35.0 Å². The van der Waals surface area contributed by atoms with Crippen LogP contribution in [-0.4, -0.2) is 47.2 Å². The lowest BCUT2D eigenvalue weighted by Crippen LogP contribution is -2.47. The summed E-state index contributed by atoms with van der Waals surface area (Å²) in [5.74, 6) is -0.914. The minimum Gasteiger partial charge on any atom is -0.396 e. The van der Waals surface area contributed by atoms with Crippen molar-refractivity contribution in [2.75, 3.05) is 20.3 Å². The van der Waals surface area contributed by atoms with E-state index in [2.05, 4.69) is 5.32 Å². The van der Waals surface area contributed by atoms with Gasteiger partial charge in [0.15, 0.2) is 11.3 Å². The van der Waals surface area contributed by atoms with Crippen LogP contribution in [0.4, 0.5) is 0 Å². The van der Waals surface area contributed by atoms with Gasteiger partial charge in [0.25, 0.3) is 11.8 Å². The minimum atomic E-state index is -1.85. The van der Waals surface area contributed by atoms with Crippen molar-refractivity contribution < 1.29 is 24.5 Å². The van der Waals surface area contributed by atoms with Gasteiger partial charge in [-0.25, -0.2) is 0 Å². The molecule has 0 radical (unpaired) electrons. The molecule has 0 saturated heterocycles. The average Bonchev–Trinajstić information content (AvgIpc) is 3.69. The number of rotatable bonds is 9. The predicted octanol–water partition coefficient (Wildman–Crippen LogP) is 4.59. The third-order valence-corrected chi connectivity index (χ3v) is 8.34. The molecule has 1 fully saturated rings. The van der Waals surface area contributed by atoms with Crippen LogP contribution >= 0.6 is 23.2 Å². The summed E-state index contributed by atoms with van der Waals surface area (Å²) < 4.78 is 6.77. The van der Waals surface area contributed by atoms with Gasteiger partial charge in [-0.1, -0.05) is 59.6 Å². The zero-order valence-corrected chi connectivity index (χ0v) is 23.2. The monoisotopic (exact) mass is 568 g/mol. The number of benzene rings is 3. The van der Waals surface area contributed by atoms with Crippen LogP contribution in [0.25, 0.3) is 0 Å². The van der Waals surface area contributed by atoms with Gasteiger partial charge in [0.1, 0.15) is 0 Å². The van der Waals surface area contributed by atoms with Crippen molar-refractivity contribution in [1.82, 2.24) is 10.2 Å². The maximum absolute atomic E-state index is 14.2. The van der Waals surface area contributed by atoms with E-state index < -0.39 is 17.2 Å². The molecule has 1 saturated carbocycles. The standard InChI is InChI=1S/C30H30Cl2N2O5/c1-28(38,27(37)33-2)21-7-12-25-24(15-21)26(36)34(16-19-3-8-22(31)9-4-19)30(25,20-5-10-23(32)11-6-20)39-18-29(17-35)13-14-29/h3-12,15,35,38H,13-14,16-18H2,1-2H3,(H,33,37)/t28-,30-/m1/s1. The number of nitrogens with one attached hydrogen (secondary N) is 1. The highest BCUT2D eigenvalue weighted by molar-refractivity contribution is 6.30. The Bertz CT molecular complexity index is 1400. The van der Waals surface area contributed by atoms with E-state index in [0.29, 0.717) is 26.7 Å². The van der Waals surface area contributed by atoms with Gasteiger partial charge >= 0.3 is 0 Å². The smallest absolute Gasteiger partial charge is 0.257 e. The molecule has 2 aliphatic rings. The minimum absolute atomic E-state index is 0.0182. The molecule has 1 aliphatic carbocycles. The van der Waals surface area contributed by atoms with Crippen LogP contribution < -0.4 is 5.32 Å². The Morgan fingerprint density at radius 1 is 1.05 bits per heavy atom. The number of aliphatic hydroxyl groups excluding tert-OH is 1. The molecule has 1 heterocycles. The lowest BCUT2D eigenvalue weighted by atomic mass is 9.88. The largest absolute Gasteiger partial charge is 0.396 e. The third-order valence-electron chi connectivity index (χ3n) is 7.84. The van der Waals surface area contributed by atoms with Gasteiger partial charge in [-0.15, -0.1) is 0 Å². The Hall–Kier alpha value is -2.94.